The minimum atomic E-state index is -0.0614. The molecule has 0 radical (unpaired) electrons. The number of nitrogens with two attached hydrogens (primary N) is 1. The van der Waals surface area contributed by atoms with Gasteiger partial charge in [0, 0.05) is 20.3 Å². The van der Waals surface area contributed by atoms with E-state index in [2.05, 4.69) is 5.32 Å². The summed E-state index contributed by atoms with van der Waals surface area (Å²) in [6.07, 6.45) is 4.69. The molecule has 3 N–H and O–H groups in total. The number of hydrogen-bond acceptors (Lipinski definition) is 3. The zero-order chi connectivity index (χ0) is 10.4. The molecule has 14 heavy (non-hydrogen) atoms. The Balaban J connectivity index is 2.26. The van der Waals surface area contributed by atoms with E-state index in [1.54, 1.807) is 7.11 Å². The molecule has 1 aliphatic carbocycles. The number of hydrogen-bond donors (Lipinski definition) is 2. The van der Waals surface area contributed by atoms with Gasteiger partial charge in [-0.25, -0.2) is 0 Å². The average molecular weight is 200 g/mol. The Labute approximate surface area is 85.2 Å². The summed E-state index contributed by atoms with van der Waals surface area (Å²) < 4.78 is 5.07. The van der Waals surface area contributed by atoms with Crippen LogP contribution in [-0.4, -0.2) is 32.7 Å². The number of methoxy groups -OCH3 is 1. The van der Waals surface area contributed by atoms with Crippen LogP contribution in [0.15, 0.2) is 0 Å². The second kappa shape index (κ2) is 5.32. The third-order valence-electron chi connectivity index (χ3n) is 3.10. The second-order valence-electron chi connectivity index (χ2n) is 4.08. The van der Waals surface area contributed by atoms with Crippen LogP contribution in [0.2, 0.25) is 0 Å². The smallest absolute Gasteiger partial charge is 0.233 e. The Morgan fingerprint density at radius 3 is 2.71 bits per heavy atom. The standard InChI is InChI=1S/C10H20N2O2/c1-14-6-5-10(3-2-4-10)8-12-9(13)7-11/h2-8,11H2,1H3,(H,12,13). The zero-order valence-corrected chi connectivity index (χ0v) is 8.84. The molecule has 1 fully saturated rings. The molecule has 0 aromatic heterocycles. The van der Waals surface area contributed by atoms with Crippen molar-refractivity contribution >= 4 is 5.91 Å². The highest BCUT2D eigenvalue weighted by Gasteiger charge is 2.36. The van der Waals surface area contributed by atoms with Crippen molar-refractivity contribution in [1.29, 1.82) is 0 Å². The van der Waals surface area contributed by atoms with Gasteiger partial charge in [-0.15, -0.1) is 0 Å². The van der Waals surface area contributed by atoms with Crippen LogP contribution in [0.1, 0.15) is 25.7 Å². The lowest BCUT2D eigenvalue weighted by Crippen LogP contribution is -2.44. The maximum Gasteiger partial charge on any atom is 0.233 e. The predicted octanol–water partition coefficient (Wildman–Crippen LogP) is 0.268. The van der Waals surface area contributed by atoms with E-state index in [9.17, 15) is 4.79 Å². The molecule has 0 spiro atoms. The van der Waals surface area contributed by atoms with Crippen molar-refractivity contribution < 1.29 is 9.53 Å². The van der Waals surface area contributed by atoms with Gasteiger partial charge in [0.1, 0.15) is 0 Å². The molecular formula is C10H20N2O2. The van der Waals surface area contributed by atoms with Crippen LogP contribution in [0.4, 0.5) is 0 Å². The van der Waals surface area contributed by atoms with Gasteiger partial charge in [0.15, 0.2) is 0 Å². The predicted molar refractivity (Wildman–Crippen MR) is 54.8 cm³/mol. The number of rotatable bonds is 6. The number of nitrogens with one attached hydrogen (secondary N) is 1. The minimum Gasteiger partial charge on any atom is -0.385 e. The van der Waals surface area contributed by atoms with Crippen molar-refractivity contribution in [3.63, 3.8) is 0 Å². The molecule has 0 bridgehead atoms. The zero-order valence-electron chi connectivity index (χ0n) is 8.84. The van der Waals surface area contributed by atoms with E-state index in [1.807, 2.05) is 0 Å². The van der Waals surface area contributed by atoms with Crippen molar-refractivity contribution in [2.45, 2.75) is 25.7 Å². The molecular weight excluding hydrogens is 180 g/mol. The van der Waals surface area contributed by atoms with Crippen LogP contribution in [0.25, 0.3) is 0 Å². The van der Waals surface area contributed by atoms with Gasteiger partial charge < -0.3 is 15.8 Å². The first-order valence-electron chi connectivity index (χ1n) is 5.18. The lowest BCUT2D eigenvalue weighted by Gasteiger charge is -2.42. The minimum absolute atomic E-state index is 0.0614. The molecule has 4 heteroatoms. The van der Waals surface area contributed by atoms with Crippen molar-refractivity contribution in [3.8, 4) is 0 Å². The van der Waals surface area contributed by atoms with Crippen LogP contribution in [-0.2, 0) is 9.53 Å². The van der Waals surface area contributed by atoms with Crippen LogP contribution >= 0.6 is 0 Å². The first-order valence-corrected chi connectivity index (χ1v) is 5.18. The fourth-order valence-electron chi connectivity index (χ4n) is 1.87. The second-order valence-corrected chi connectivity index (χ2v) is 4.08. The van der Waals surface area contributed by atoms with E-state index in [4.69, 9.17) is 10.5 Å². The SMILES string of the molecule is COCCC1(CNC(=O)CN)CCC1. The highest BCUT2D eigenvalue weighted by molar-refractivity contribution is 5.77. The van der Waals surface area contributed by atoms with Crippen molar-refractivity contribution in [3.05, 3.63) is 0 Å². The Bertz CT molecular complexity index is 191. The highest BCUT2D eigenvalue weighted by Crippen LogP contribution is 2.43. The quantitative estimate of drug-likeness (QED) is 0.647. The van der Waals surface area contributed by atoms with Crippen LogP contribution in [0.5, 0.6) is 0 Å². The van der Waals surface area contributed by atoms with Gasteiger partial charge in [-0.05, 0) is 24.7 Å². The molecule has 82 valence electrons. The maximum absolute atomic E-state index is 11.0. The fourth-order valence-corrected chi connectivity index (χ4v) is 1.87. The van der Waals surface area contributed by atoms with Gasteiger partial charge in [0.2, 0.25) is 5.91 Å². The lowest BCUT2D eigenvalue weighted by atomic mass is 9.67. The van der Waals surface area contributed by atoms with E-state index < -0.39 is 0 Å². The first kappa shape index (κ1) is 11.5. The van der Waals surface area contributed by atoms with Gasteiger partial charge in [0.25, 0.3) is 0 Å². The van der Waals surface area contributed by atoms with E-state index in [0.717, 1.165) is 19.6 Å². The molecule has 0 atom stereocenters. The van der Waals surface area contributed by atoms with Crippen LogP contribution in [0, 0.1) is 5.41 Å². The Kier molecular flexibility index (Phi) is 4.35. The molecule has 1 amide bonds. The Hall–Kier alpha value is -0.610. The van der Waals surface area contributed by atoms with Gasteiger partial charge in [-0.2, -0.15) is 0 Å². The molecule has 0 saturated heterocycles. The summed E-state index contributed by atoms with van der Waals surface area (Å²) in [7, 11) is 1.71. The van der Waals surface area contributed by atoms with E-state index >= 15 is 0 Å². The summed E-state index contributed by atoms with van der Waals surface area (Å²) in [5.74, 6) is -0.0614. The summed E-state index contributed by atoms with van der Waals surface area (Å²) in [6, 6.07) is 0. The van der Waals surface area contributed by atoms with Gasteiger partial charge in [-0.3, -0.25) is 4.79 Å². The summed E-state index contributed by atoms with van der Waals surface area (Å²) in [5, 5.41) is 2.86. The topological polar surface area (TPSA) is 64.3 Å². The molecule has 1 rings (SSSR count). The first-order chi connectivity index (χ1) is 6.72. The average Bonchev–Trinajstić information content (AvgIpc) is 2.15. The number of ether oxygens (including phenoxy) is 1. The molecule has 4 nitrogen and oxygen atoms in total. The van der Waals surface area contributed by atoms with E-state index in [-0.39, 0.29) is 12.5 Å². The summed E-state index contributed by atoms with van der Waals surface area (Å²) >= 11 is 0. The normalized spacial score (nSPS) is 18.7. The summed E-state index contributed by atoms with van der Waals surface area (Å²) in [6.45, 7) is 1.62. The van der Waals surface area contributed by atoms with Gasteiger partial charge in [-0.1, -0.05) is 6.42 Å². The molecule has 0 aromatic carbocycles. The summed E-state index contributed by atoms with van der Waals surface area (Å²) in [4.78, 5) is 11.0. The third kappa shape index (κ3) is 2.96. The highest BCUT2D eigenvalue weighted by atomic mass is 16.5. The van der Waals surface area contributed by atoms with Crippen LogP contribution in [0.3, 0.4) is 0 Å². The monoisotopic (exact) mass is 200 g/mol. The number of carbonyl (C=O) groups is 1. The van der Waals surface area contributed by atoms with E-state index in [0.29, 0.717) is 5.41 Å². The Morgan fingerprint density at radius 1 is 1.57 bits per heavy atom. The molecule has 1 saturated carbocycles. The molecule has 0 aliphatic heterocycles. The van der Waals surface area contributed by atoms with Crippen LogP contribution < -0.4 is 11.1 Å². The largest absolute Gasteiger partial charge is 0.385 e. The van der Waals surface area contributed by atoms with E-state index in [1.165, 1.54) is 19.3 Å². The van der Waals surface area contributed by atoms with Gasteiger partial charge >= 0.3 is 0 Å². The maximum atomic E-state index is 11.0. The number of carbonyl (C=O) groups excluding carboxylic acids is 1. The fraction of sp³-hybridized carbons (Fsp3) is 0.900. The molecule has 1 aliphatic rings. The molecule has 0 heterocycles. The van der Waals surface area contributed by atoms with Gasteiger partial charge in [0.05, 0.1) is 6.54 Å². The lowest BCUT2D eigenvalue weighted by molar-refractivity contribution is -0.120. The third-order valence-corrected chi connectivity index (χ3v) is 3.10. The number of amides is 1. The Morgan fingerprint density at radius 2 is 2.29 bits per heavy atom. The summed E-state index contributed by atoms with van der Waals surface area (Å²) in [5.41, 5.74) is 5.52. The van der Waals surface area contributed by atoms with Crippen molar-refractivity contribution in [2.24, 2.45) is 11.1 Å². The van der Waals surface area contributed by atoms with Crippen molar-refractivity contribution in [1.82, 2.24) is 5.32 Å². The molecule has 0 aromatic rings. The molecule has 0 unspecified atom stereocenters. The van der Waals surface area contributed by atoms with Crippen molar-refractivity contribution in [2.75, 3.05) is 26.8 Å².